The van der Waals surface area contributed by atoms with Crippen LogP contribution in [0.4, 0.5) is 10.5 Å². The molecular weight excluding hydrogens is 270 g/mol. The summed E-state index contributed by atoms with van der Waals surface area (Å²) in [6.45, 7) is 4.28. The number of aryl methyl sites for hydroxylation is 1. The minimum atomic E-state index is -1.07. The molecule has 1 saturated heterocycles. The summed E-state index contributed by atoms with van der Waals surface area (Å²) in [6, 6.07) is 1.44. The fourth-order valence-corrected chi connectivity index (χ4v) is 2.95. The topological polar surface area (TPSA) is 82.5 Å². The Balaban J connectivity index is 2.21. The number of anilines is 1. The molecular formula is C15H21N3O3. The average molecular weight is 291 g/mol. The molecule has 114 valence electrons. The highest BCUT2D eigenvalue weighted by molar-refractivity contribution is 5.94. The van der Waals surface area contributed by atoms with Crippen molar-refractivity contribution in [1.29, 1.82) is 0 Å². The van der Waals surface area contributed by atoms with Gasteiger partial charge in [0, 0.05) is 12.7 Å². The zero-order chi connectivity index (χ0) is 15.5. The van der Waals surface area contributed by atoms with Crippen molar-refractivity contribution in [2.75, 3.05) is 11.9 Å². The Morgan fingerprint density at radius 1 is 1.52 bits per heavy atom. The van der Waals surface area contributed by atoms with Gasteiger partial charge in [0.25, 0.3) is 0 Å². The second kappa shape index (κ2) is 6.11. The first kappa shape index (κ1) is 15.3. The summed E-state index contributed by atoms with van der Waals surface area (Å²) in [7, 11) is 0. The van der Waals surface area contributed by atoms with E-state index in [1.807, 2.05) is 13.8 Å². The maximum Gasteiger partial charge on any atom is 0.329 e. The highest BCUT2D eigenvalue weighted by Gasteiger charge is 2.49. The number of hydrogen-bond donors (Lipinski definition) is 2. The number of nitrogens with one attached hydrogen (secondary N) is 1. The summed E-state index contributed by atoms with van der Waals surface area (Å²) in [5.41, 5.74) is 0.439. The molecule has 1 aliphatic heterocycles. The lowest BCUT2D eigenvalue weighted by Crippen LogP contribution is -2.54. The van der Waals surface area contributed by atoms with E-state index >= 15 is 0 Å². The van der Waals surface area contributed by atoms with Crippen LogP contribution < -0.4 is 5.32 Å². The first-order valence-electron chi connectivity index (χ1n) is 7.24. The van der Waals surface area contributed by atoms with Gasteiger partial charge in [0.1, 0.15) is 5.54 Å². The van der Waals surface area contributed by atoms with Crippen LogP contribution in [0.15, 0.2) is 18.5 Å². The molecule has 1 atom stereocenters. The van der Waals surface area contributed by atoms with Gasteiger partial charge in [0.05, 0.1) is 11.9 Å². The molecule has 2 rings (SSSR count). The number of nitrogens with zero attached hydrogens (tertiary/aromatic N) is 2. The number of hydrogen-bond acceptors (Lipinski definition) is 3. The number of aliphatic carboxylic acids is 1. The van der Waals surface area contributed by atoms with Crippen LogP contribution in [0, 0.1) is 6.92 Å². The van der Waals surface area contributed by atoms with Crippen molar-refractivity contribution >= 4 is 17.7 Å². The number of rotatable bonds is 4. The minimum absolute atomic E-state index is 0.362. The predicted molar refractivity (Wildman–Crippen MR) is 79.2 cm³/mol. The first-order chi connectivity index (χ1) is 10.0. The third-order valence-corrected chi connectivity index (χ3v) is 4.08. The SMILES string of the molecule is CCCC1(C(=O)O)CCCN1C(=O)Nc1cnccc1C. The standard InChI is InChI=1S/C15H21N3O3/c1-3-6-15(13(19)20)7-4-9-18(15)14(21)17-12-10-16-8-5-11(12)2/h5,8,10H,3-4,6-7,9H2,1-2H3,(H,17,21)(H,19,20). The number of aromatic nitrogens is 1. The molecule has 21 heavy (non-hydrogen) atoms. The highest BCUT2D eigenvalue weighted by Crippen LogP contribution is 2.34. The summed E-state index contributed by atoms with van der Waals surface area (Å²) < 4.78 is 0. The van der Waals surface area contributed by atoms with Gasteiger partial charge in [-0.25, -0.2) is 9.59 Å². The van der Waals surface area contributed by atoms with E-state index in [1.54, 1.807) is 18.5 Å². The molecule has 1 aromatic rings. The first-order valence-corrected chi connectivity index (χ1v) is 7.24. The molecule has 6 heteroatoms. The second-order valence-corrected chi connectivity index (χ2v) is 5.46. The number of carboxylic acid groups (broad SMARTS) is 1. The lowest BCUT2D eigenvalue weighted by Gasteiger charge is -2.34. The Kier molecular flexibility index (Phi) is 4.45. The van der Waals surface area contributed by atoms with Crippen molar-refractivity contribution in [3.63, 3.8) is 0 Å². The Morgan fingerprint density at radius 2 is 2.29 bits per heavy atom. The molecule has 1 aromatic heterocycles. The van der Waals surface area contributed by atoms with Crippen LogP contribution in [0.3, 0.4) is 0 Å². The average Bonchev–Trinajstić information content (AvgIpc) is 2.87. The predicted octanol–water partition coefficient (Wildman–Crippen LogP) is 2.64. The Hall–Kier alpha value is -2.11. The van der Waals surface area contributed by atoms with Crippen LogP contribution >= 0.6 is 0 Å². The van der Waals surface area contributed by atoms with Gasteiger partial charge in [0.2, 0.25) is 0 Å². The largest absolute Gasteiger partial charge is 0.479 e. The number of carbonyl (C=O) groups excluding carboxylic acids is 1. The molecule has 0 aliphatic carbocycles. The van der Waals surface area contributed by atoms with Gasteiger partial charge in [-0.1, -0.05) is 13.3 Å². The number of carboxylic acids is 1. The van der Waals surface area contributed by atoms with E-state index in [2.05, 4.69) is 10.3 Å². The Labute approximate surface area is 124 Å². The molecule has 0 saturated carbocycles. The van der Waals surface area contributed by atoms with Crippen molar-refractivity contribution in [3.8, 4) is 0 Å². The number of carbonyl (C=O) groups is 2. The van der Waals surface area contributed by atoms with Crippen molar-refractivity contribution in [2.45, 2.75) is 45.1 Å². The maximum atomic E-state index is 12.5. The van der Waals surface area contributed by atoms with E-state index in [9.17, 15) is 14.7 Å². The van der Waals surface area contributed by atoms with Gasteiger partial charge < -0.3 is 15.3 Å². The normalized spacial score (nSPS) is 21.3. The fourth-order valence-electron chi connectivity index (χ4n) is 2.95. The van der Waals surface area contributed by atoms with Crippen molar-refractivity contribution < 1.29 is 14.7 Å². The summed E-state index contributed by atoms with van der Waals surface area (Å²) in [6.07, 6.45) is 5.65. The second-order valence-electron chi connectivity index (χ2n) is 5.46. The summed E-state index contributed by atoms with van der Waals surface area (Å²) in [5.74, 6) is -0.917. The number of amides is 2. The summed E-state index contributed by atoms with van der Waals surface area (Å²) >= 11 is 0. The Morgan fingerprint density at radius 3 is 2.90 bits per heavy atom. The lowest BCUT2D eigenvalue weighted by atomic mass is 9.91. The van der Waals surface area contributed by atoms with Gasteiger partial charge in [0.15, 0.2) is 0 Å². The molecule has 6 nitrogen and oxygen atoms in total. The van der Waals surface area contributed by atoms with Gasteiger partial charge in [-0.15, -0.1) is 0 Å². The number of likely N-dealkylation sites (tertiary alicyclic amines) is 1. The number of pyridine rings is 1. The molecule has 1 fully saturated rings. The van der Waals surface area contributed by atoms with Gasteiger partial charge in [-0.2, -0.15) is 0 Å². The van der Waals surface area contributed by atoms with E-state index in [0.717, 1.165) is 12.0 Å². The smallest absolute Gasteiger partial charge is 0.329 e. The van der Waals surface area contributed by atoms with Crippen LogP contribution in [0.2, 0.25) is 0 Å². The molecule has 1 unspecified atom stereocenters. The third kappa shape index (κ3) is 2.84. The van der Waals surface area contributed by atoms with Gasteiger partial charge >= 0.3 is 12.0 Å². The molecule has 0 spiro atoms. The molecule has 1 aliphatic rings. The minimum Gasteiger partial charge on any atom is -0.479 e. The van der Waals surface area contributed by atoms with E-state index in [0.29, 0.717) is 31.5 Å². The lowest BCUT2D eigenvalue weighted by molar-refractivity contribution is -0.148. The molecule has 0 bridgehead atoms. The maximum absolute atomic E-state index is 12.5. The van der Waals surface area contributed by atoms with Crippen LogP contribution in [0.25, 0.3) is 0 Å². The van der Waals surface area contributed by atoms with E-state index < -0.39 is 11.5 Å². The highest BCUT2D eigenvalue weighted by atomic mass is 16.4. The molecule has 0 radical (unpaired) electrons. The number of urea groups is 1. The van der Waals surface area contributed by atoms with Crippen molar-refractivity contribution in [2.24, 2.45) is 0 Å². The molecule has 2 amide bonds. The third-order valence-electron chi connectivity index (χ3n) is 4.08. The monoisotopic (exact) mass is 291 g/mol. The molecule has 2 N–H and O–H groups in total. The zero-order valence-corrected chi connectivity index (χ0v) is 12.4. The van der Waals surface area contributed by atoms with Crippen LogP contribution in [0.1, 0.15) is 38.2 Å². The van der Waals surface area contributed by atoms with Gasteiger partial charge in [-0.3, -0.25) is 4.98 Å². The zero-order valence-electron chi connectivity index (χ0n) is 12.4. The van der Waals surface area contributed by atoms with Crippen LogP contribution in [-0.2, 0) is 4.79 Å². The summed E-state index contributed by atoms with van der Waals surface area (Å²) in [5, 5.41) is 12.4. The van der Waals surface area contributed by atoms with E-state index in [1.165, 1.54) is 4.90 Å². The molecule has 2 heterocycles. The molecule has 0 aromatic carbocycles. The fraction of sp³-hybridized carbons (Fsp3) is 0.533. The quantitative estimate of drug-likeness (QED) is 0.893. The van der Waals surface area contributed by atoms with Crippen molar-refractivity contribution in [3.05, 3.63) is 24.0 Å². The summed E-state index contributed by atoms with van der Waals surface area (Å²) in [4.78, 5) is 29.6. The van der Waals surface area contributed by atoms with Crippen molar-refractivity contribution in [1.82, 2.24) is 9.88 Å². The van der Waals surface area contributed by atoms with E-state index in [-0.39, 0.29) is 6.03 Å². The Bertz CT molecular complexity index is 547. The van der Waals surface area contributed by atoms with Crippen LogP contribution in [-0.4, -0.2) is 39.1 Å². The van der Waals surface area contributed by atoms with Crippen LogP contribution in [0.5, 0.6) is 0 Å². The van der Waals surface area contributed by atoms with E-state index in [4.69, 9.17) is 0 Å². The van der Waals surface area contributed by atoms with Gasteiger partial charge in [-0.05, 0) is 37.8 Å².